The number of nitro benzene ring substituents is 1. The molecule has 0 amide bonds. The number of nitrogens with zero attached hydrogens (tertiary/aromatic N) is 3. The van der Waals surface area contributed by atoms with Crippen molar-refractivity contribution in [2.24, 2.45) is 0 Å². The maximum Gasteiger partial charge on any atom is 0.420 e. The van der Waals surface area contributed by atoms with E-state index in [1.165, 1.54) is 24.3 Å². The van der Waals surface area contributed by atoms with E-state index in [4.69, 9.17) is 0 Å². The van der Waals surface area contributed by atoms with Crippen LogP contribution >= 0.6 is 11.8 Å². The number of hydrogen-bond acceptors (Lipinski definition) is 6. The molecule has 0 fully saturated rings. The summed E-state index contributed by atoms with van der Waals surface area (Å²) in [5.41, 5.74) is -0.827. The summed E-state index contributed by atoms with van der Waals surface area (Å²) in [5.74, 6) is -0.0954. The zero-order chi connectivity index (χ0) is 19.4. The number of anilines is 2. The average Bonchev–Trinajstić information content (AvgIpc) is 2.62. The van der Waals surface area contributed by atoms with E-state index < -0.39 is 16.7 Å². The Morgan fingerprint density at radius 2 is 1.81 bits per heavy atom. The summed E-state index contributed by atoms with van der Waals surface area (Å²) in [6, 6.07) is 14.0. The van der Waals surface area contributed by atoms with Gasteiger partial charge in [0.1, 0.15) is 10.6 Å². The van der Waals surface area contributed by atoms with Crippen molar-refractivity contribution in [2.75, 3.05) is 5.32 Å². The first-order chi connectivity index (χ1) is 12.8. The Kier molecular flexibility index (Phi) is 5.26. The summed E-state index contributed by atoms with van der Waals surface area (Å²) >= 11 is 0.855. The van der Waals surface area contributed by atoms with E-state index in [1.54, 1.807) is 30.3 Å². The van der Waals surface area contributed by atoms with Gasteiger partial charge in [-0.3, -0.25) is 10.1 Å². The second-order valence-electron chi connectivity index (χ2n) is 5.26. The van der Waals surface area contributed by atoms with Gasteiger partial charge in [0.2, 0.25) is 5.95 Å². The van der Waals surface area contributed by atoms with Gasteiger partial charge in [-0.2, -0.15) is 13.2 Å². The van der Waals surface area contributed by atoms with Crippen molar-refractivity contribution in [3.63, 3.8) is 0 Å². The molecule has 10 heteroatoms. The molecule has 1 N–H and O–H groups in total. The van der Waals surface area contributed by atoms with Crippen LogP contribution in [0.25, 0.3) is 0 Å². The third kappa shape index (κ3) is 4.73. The maximum absolute atomic E-state index is 13.3. The van der Waals surface area contributed by atoms with Crippen LogP contribution in [0.4, 0.5) is 30.5 Å². The van der Waals surface area contributed by atoms with Crippen LogP contribution < -0.4 is 5.32 Å². The van der Waals surface area contributed by atoms with E-state index in [9.17, 15) is 23.3 Å². The lowest BCUT2D eigenvalue weighted by Crippen LogP contribution is -2.10. The van der Waals surface area contributed by atoms with Gasteiger partial charge in [0.15, 0.2) is 0 Å². The molecule has 0 aliphatic carbocycles. The Labute approximate surface area is 155 Å². The van der Waals surface area contributed by atoms with Crippen molar-refractivity contribution in [1.82, 2.24) is 9.97 Å². The highest BCUT2D eigenvalue weighted by molar-refractivity contribution is 7.99. The van der Waals surface area contributed by atoms with Crippen LogP contribution in [0.2, 0.25) is 0 Å². The number of halogens is 3. The third-order valence-electron chi connectivity index (χ3n) is 3.33. The second kappa shape index (κ2) is 7.62. The molecular formula is C17H11F3N4O2S. The smallest absolute Gasteiger partial charge is 0.324 e. The molecule has 0 saturated carbocycles. The number of alkyl halides is 3. The Morgan fingerprint density at radius 3 is 2.48 bits per heavy atom. The first-order valence-corrected chi connectivity index (χ1v) is 8.33. The summed E-state index contributed by atoms with van der Waals surface area (Å²) < 4.78 is 39.8. The van der Waals surface area contributed by atoms with E-state index >= 15 is 0 Å². The molecule has 3 rings (SSSR count). The molecule has 1 heterocycles. The topological polar surface area (TPSA) is 81.0 Å². The highest BCUT2D eigenvalue weighted by atomic mass is 32.2. The van der Waals surface area contributed by atoms with Gasteiger partial charge in [-0.05, 0) is 18.2 Å². The molecule has 3 aromatic rings. The van der Waals surface area contributed by atoms with Gasteiger partial charge in [-0.25, -0.2) is 9.97 Å². The van der Waals surface area contributed by atoms with Gasteiger partial charge < -0.3 is 5.32 Å². The summed E-state index contributed by atoms with van der Waals surface area (Å²) in [7, 11) is 0. The van der Waals surface area contributed by atoms with E-state index in [-0.39, 0.29) is 16.7 Å². The Morgan fingerprint density at radius 1 is 1.07 bits per heavy atom. The molecule has 0 bridgehead atoms. The summed E-state index contributed by atoms with van der Waals surface area (Å²) in [6.45, 7) is 0. The van der Waals surface area contributed by atoms with Gasteiger partial charge in [0.25, 0.3) is 5.69 Å². The Hall–Kier alpha value is -3.14. The minimum Gasteiger partial charge on any atom is -0.324 e. The Bertz CT molecular complexity index is 968. The first-order valence-electron chi connectivity index (χ1n) is 7.51. The van der Waals surface area contributed by atoms with Crippen LogP contribution in [0.15, 0.2) is 70.7 Å². The highest BCUT2D eigenvalue weighted by Gasteiger charge is 2.35. The molecule has 6 nitrogen and oxygen atoms in total. The van der Waals surface area contributed by atoms with Crippen molar-refractivity contribution in [3.05, 3.63) is 76.5 Å². The molecular weight excluding hydrogens is 381 g/mol. The van der Waals surface area contributed by atoms with Crippen molar-refractivity contribution in [3.8, 4) is 0 Å². The van der Waals surface area contributed by atoms with Gasteiger partial charge >= 0.3 is 6.18 Å². The fourth-order valence-corrected chi connectivity index (χ4v) is 3.05. The lowest BCUT2D eigenvalue weighted by molar-refractivity contribution is -0.384. The average molecular weight is 392 g/mol. The number of aromatic nitrogens is 2. The predicted octanol–water partition coefficient (Wildman–Crippen LogP) is 5.30. The van der Waals surface area contributed by atoms with Crippen molar-refractivity contribution in [1.29, 1.82) is 0 Å². The molecule has 0 aliphatic rings. The van der Waals surface area contributed by atoms with E-state index in [0.29, 0.717) is 16.8 Å². The van der Waals surface area contributed by atoms with E-state index in [1.807, 2.05) is 0 Å². The zero-order valence-corrected chi connectivity index (χ0v) is 14.3. The molecule has 138 valence electrons. The van der Waals surface area contributed by atoms with Crippen LogP contribution in [-0.2, 0) is 6.18 Å². The van der Waals surface area contributed by atoms with E-state index in [2.05, 4.69) is 15.3 Å². The number of nitrogens with one attached hydrogen (secondary N) is 1. The normalized spacial score (nSPS) is 11.2. The minimum atomic E-state index is -4.61. The summed E-state index contributed by atoms with van der Waals surface area (Å²) in [4.78, 5) is 18.5. The van der Waals surface area contributed by atoms with Crippen LogP contribution in [0, 0.1) is 10.1 Å². The quantitative estimate of drug-likeness (QED) is 0.361. The lowest BCUT2D eigenvalue weighted by Gasteiger charge is -2.13. The Balaban J connectivity index is 1.94. The zero-order valence-electron chi connectivity index (χ0n) is 13.5. The van der Waals surface area contributed by atoms with Crippen LogP contribution in [-0.4, -0.2) is 14.9 Å². The number of nitro groups is 1. The highest BCUT2D eigenvalue weighted by Crippen LogP contribution is 2.38. The fraction of sp³-hybridized carbons (Fsp3) is 0.0588. The van der Waals surface area contributed by atoms with Crippen LogP contribution in [0.1, 0.15) is 5.56 Å². The largest absolute Gasteiger partial charge is 0.420 e. The number of benzene rings is 2. The molecule has 0 atom stereocenters. The monoisotopic (exact) mass is 392 g/mol. The molecule has 0 radical (unpaired) electrons. The predicted molar refractivity (Wildman–Crippen MR) is 94.0 cm³/mol. The number of non-ortho nitro benzene ring substituents is 1. The molecule has 0 unspecified atom stereocenters. The number of rotatable bonds is 5. The second-order valence-corrected chi connectivity index (χ2v) is 6.32. The van der Waals surface area contributed by atoms with Crippen molar-refractivity contribution in [2.45, 2.75) is 16.1 Å². The minimum absolute atomic E-state index is 0.0954. The fourth-order valence-electron chi connectivity index (χ4n) is 2.13. The maximum atomic E-state index is 13.3. The van der Waals surface area contributed by atoms with Crippen molar-refractivity contribution < 1.29 is 18.1 Å². The molecule has 2 aromatic carbocycles. The van der Waals surface area contributed by atoms with Crippen LogP contribution in [0.3, 0.4) is 0 Å². The summed E-state index contributed by atoms with van der Waals surface area (Å²) in [6.07, 6.45) is -3.92. The van der Waals surface area contributed by atoms with Gasteiger partial charge in [-0.1, -0.05) is 36.0 Å². The number of hydrogen-bond donors (Lipinski definition) is 1. The third-order valence-corrected chi connectivity index (χ3v) is 4.34. The molecule has 0 saturated heterocycles. The van der Waals surface area contributed by atoms with E-state index in [0.717, 1.165) is 11.8 Å². The van der Waals surface area contributed by atoms with Gasteiger partial charge in [0, 0.05) is 28.9 Å². The molecule has 1 aromatic heterocycles. The van der Waals surface area contributed by atoms with Gasteiger partial charge in [0.05, 0.1) is 4.92 Å². The lowest BCUT2D eigenvalue weighted by atomic mass is 10.3. The van der Waals surface area contributed by atoms with Crippen molar-refractivity contribution >= 4 is 29.1 Å². The van der Waals surface area contributed by atoms with Gasteiger partial charge in [-0.15, -0.1) is 0 Å². The van der Waals surface area contributed by atoms with Crippen LogP contribution in [0.5, 0.6) is 0 Å². The first kappa shape index (κ1) is 18.6. The molecule has 0 spiro atoms. The summed E-state index contributed by atoms with van der Waals surface area (Å²) in [5, 5.41) is 13.3. The standard InChI is InChI=1S/C17H11F3N4O2S/c18-17(19,20)14-10-21-16(22-11-5-4-6-12(9-11)24(25)26)23-15(14)27-13-7-2-1-3-8-13/h1-10H,(H,21,22,23). The molecule has 27 heavy (non-hydrogen) atoms. The molecule has 0 aliphatic heterocycles. The SMILES string of the molecule is O=[N+]([O-])c1cccc(Nc2ncc(C(F)(F)F)c(Sc3ccccc3)n2)c1.